The highest BCUT2D eigenvalue weighted by Crippen LogP contribution is 2.31. The Bertz CT molecular complexity index is 1140. The molecule has 170 valence electrons. The van der Waals surface area contributed by atoms with E-state index in [-0.39, 0.29) is 36.7 Å². The molecule has 0 aromatic heterocycles. The molecular formula is C26H26N2O5. The smallest absolute Gasteiger partial charge is 0.323 e. The highest BCUT2D eigenvalue weighted by atomic mass is 16.6. The van der Waals surface area contributed by atoms with Gasteiger partial charge < -0.3 is 14.8 Å². The summed E-state index contributed by atoms with van der Waals surface area (Å²) in [6.45, 7) is 3.00. The van der Waals surface area contributed by atoms with Crippen LogP contribution in [-0.4, -0.2) is 23.5 Å². The normalized spacial score (nSPS) is 15.2. The molecule has 1 fully saturated rings. The number of nitrogens with zero attached hydrogens (tertiary/aromatic N) is 1. The van der Waals surface area contributed by atoms with E-state index in [9.17, 15) is 14.9 Å². The zero-order valence-electron chi connectivity index (χ0n) is 18.5. The molecular weight excluding hydrogens is 420 g/mol. The summed E-state index contributed by atoms with van der Waals surface area (Å²) in [6, 6.07) is 20.4. The van der Waals surface area contributed by atoms with Crippen molar-refractivity contribution in [1.82, 2.24) is 5.32 Å². The largest absolute Gasteiger partial charge is 0.482 e. The maximum absolute atomic E-state index is 12.1. The van der Waals surface area contributed by atoms with Gasteiger partial charge in [0.25, 0.3) is 0 Å². The number of hydrogen-bond donors (Lipinski definition) is 1. The number of carbonyl (C=O) groups is 1. The highest BCUT2D eigenvalue weighted by molar-refractivity contribution is 5.76. The molecule has 1 saturated heterocycles. The molecule has 1 atom stereocenters. The van der Waals surface area contributed by atoms with Gasteiger partial charge in [-0.2, -0.15) is 0 Å². The van der Waals surface area contributed by atoms with E-state index in [0.29, 0.717) is 5.56 Å². The van der Waals surface area contributed by atoms with Gasteiger partial charge in [0.15, 0.2) is 5.75 Å². The Morgan fingerprint density at radius 2 is 1.91 bits per heavy atom. The lowest BCUT2D eigenvalue weighted by Crippen LogP contribution is -2.32. The van der Waals surface area contributed by atoms with Crippen molar-refractivity contribution in [2.24, 2.45) is 0 Å². The van der Waals surface area contributed by atoms with Crippen LogP contribution in [0.2, 0.25) is 0 Å². The summed E-state index contributed by atoms with van der Waals surface area (Å²) in [5, 5.41) is 14.7. The molecule has 1 N–H and O–H groups in total. The molecule has 0 radical (unpaired) electrons. The van der Waals surface area contributed by atoms with Crippen molar-refractivity contribution in [3.05, 3.63) is 93.5 Å². The Hall–Kier alpha value is -3.71. The lowest BCUT2D eigenvalue weighted by Gasteiger charge is -2.14. The summed E-state index contributed by atoms with van der Waals surface area (Å²) >= 11 is 0. The highest BCUT2D eigenvalue weighted by Gasteiger charge is 2.24. The number of hydrogen-bond acceptors (Lipinski definition) is 6. The van der Waals surface area contributed by atoms with E-state index < -0.39 is 4.92 Å². The molecule has 1 aliphatic rings. The minimum absolute atomic E-state index is 0.0175. The molecule has 3 aromatic carbocycles. The van der Waals surface area contributed by atoms with Crippen LogP contribution >= 0.6 is 0 Å². The number of benzene rings is 3. The molecule has 1 heterocycles. The van der Waals surface area contributed by atoms with Gasteiger partial charge >= 0.3 is 11.7 Å². The van der Waals surface area contributed by atoms with Gasteiger partial charge in [-0.15, -0.1) is 0 Å². The maximum atomic E-state index is 12.1. The Morgan fingerprint density at radius 1 is 1.09 bits per heavy atom. The van der Waals surface area contributed by atoms with Gasteiger partial charge in [-0.05, 0) is 60.2 Å². The Morgan fingerprint density at radius 3 is 2.64 bits per heavy atom. The van der Waals surface area contributed by atoms with Crippen LogP contribution in [0.15, 0.2) is 66.7 Å². The van der Waals surface area contributed by atoms with Crippen LogP contribution in [0.5, 0.6) is 5.75 Å². The lowest BCUT2D eigenvalue weighted by atomic mass is 9.97. The molecule has 7 nitrogen and oxygen atoms in total. The van der Waals surface area contributed by atoms with Crippen molar-refractivity contribution in [2.75, 3.05) is 6.54 Å². The van der Waals surface area contributed by atoms with Gasteiger partial charge in [-0.3, -0.25) is 14.9 Å². The summed E-state index contributed by atoms with van der Waals surface area (Å²) in [6.07, 6.45) is 1.68. The van der Waals surface area contributed by atoms with E-state index in [1.54, 1.807) is 12.1 Å². The second-order valence-corrected chi connectivity index (χ2v) is 8.06. The minimum Gasteiger partial charge on any atom is -0.482 e. The lowest BCUT2D eigenvalue weighted by molar-refractivity contribution is -0.386. The SMILES string of the molecule is Cc1c(COc2ccc(COC(=O)[C@@H]3CCCN3)cc2[N+](=O)[O-])cccc1-c1ccccc1. The van der Waals surface area contributed by atoms with Gasteiger partial charge in [0.2, 0.25) is 0 Å². The number of esters is 1. The summed E-state index contributed by atoms with van der Waals surface area (Å²) in [5.41, 5.74) is 4.61. The molecule has 4 rings (SSSR count). The van der Waals surface area contributed by atoms with Crippen molar-refractivity contribution in [3.63, 3.8) is 0 Å². The van der Waals surface area contributed by atoms with Crippen LogP contribution in [0.25, 0.3) is 11.1 Å². The van der Waals surface area contributed by atoms with E-state index in [1.807, 2.05) is 55.5 Å². The second kappa shape index (κ2) is 10.3. The second-order valence-electron chi connectivity index (χ2n) is 8.06. The third-order valence-electron chi connectivity index (χ3n) is 5.86. The number of carbonyl (C=O) groups excluding carboxylic acids is 1. The summed E-state index contributed by atoms with van der Waals surface area (Å²) in [7, 11) is 0. The van der Waals surface area contributed by atoms with Crippen molar-refractivity contribution >= 4 is 11.7 Å². The minimum atomic E-state index is -0.480. The molecule has 3 aromatic rings. The van der Waals surface area contributed by atoms with E-state index in [2.05, 4.69) is 5.32 Å². The van der Waals surface area contributed by atoms with E-state index >= 15 is 0 Å². The molecule has 7 heteroatoms. The first-order valence-corrected chi connectivity index (χ1v) is 11.0. The summed E-state index contributed by atoms with van der Waals surface area (Å²) < 4.78 is 11.2. The van der Waals surface area contributed by atoms with Crippen molar-refractivity contribution in [2.45, 2.75) is 39.0 Å². The third-order valence-corrected chi connectivity index (χ3v) is 5.86. The predicted molar refractivity (Wildman–Crippen MR) is 125 cm³/mol. The average Bonchev–Trinajstić information content (AvgIpc) is 3.38. The molecule has 0 unspecified atom stereocenters. The van der Waals surface area contributed by atoms with Crippen molar-refractivity contribution in [3.8, 4) is 16.9 Å². The zero-order valence-corrected chi connectivity index (χ0v) is 18.5. The van der Waals surface area contributed by atoms with Crippen molar-refractivity contribution < 1.29 is 19.2 Å². The number of rotatable bonds is 8. The summed E-state index contributed by atoms with van der Waals surface area (Å²) in [4.78, 5) is 23.2. The molecule has 0 saturated carbocycles. The van der Waals surface area contributed by atoms with Crippen molar-refractivity contribution in [1.29, 1.82) is 0 Å². The van der Waals surface area contributed by atoms with E-state index in [1.165, 1.54) is 6.07 Å². The zero-order chi connectivity index (χ0) is 23.2. The van der Waals surface area contributed by atoms with Gasteiger partial charge in [-0.25, -0.2) is 0 Å². The number of ether oxygens (including phenoxy) is 2. The van der Waals surface area contributed by atoms with E-state index in [4.69, 9.17) is 9.47 Å². The summed E-state index contributed by atoms with van der Waals surface area (Å²) in [5.74, 6) is -0.152. The first kappa shape index (κ1) is 22.5. The first-order chi connectivity index (χ1) is 16.0. The monoisotopic (exact) mass is 446 g/mol. The Balaban J connectivity index is 1.46. The van der Waals surface area contributed by atoms with Gasteiger partial charge in [0.05, 0.1) is 4.92 Å². The van der Waals surface area contributed by atoms with Crippen LogP contribution in [-0.2, 0) is 22.7 Å². The molecule has 33 heavy (non-hydrogen) atoms. The fraction of sp³-hybridized carbons (Fsp3) is 0.269. The third kappa shape index (κ3) is 5.38. The molecule has 0 aliphatic carbocycles. The molecule has 1 aliphatic heterocycles. The molecule has 0 spiro atoms. The number of nitro groups is 1. The standard InChI is InChI=1S/C26H26N2O5/c1-18-21(9-5-10-22(18)20-7-3-2-4-8-20)17-32-25-13-12-19(15-24(25)28(30)31)16-33-26(29)23-11-6-14-27-23/h2-5,7-10,12-13,15,23,27H,6,11,14,16-17H2,1H3/t23-/m0/s1. The first-order valence-electron chi connectivity index (χ1n) is 11.0. The topological polar surface area (TPSA) is 90.7 Å². The Labute approximate surface area is 192 Å². The van der Waals surface area contributed by atoms with Crippen LogP contribution in [0, 0.1) is 17.0 Å². The van der Waals surface area contributed by atoms with Crippen LogP contribution < -0.4 is 10.1 Å². The van der Waals surface area contributed by atoms with E-state index in [0.717, 1.165) is 41.6 Å². The fourth-order valence-corrected chi connectivity index (χ4v) is 3.98. The van der Waals surface area contributed by atoms with Gasteiger partial charge in [0, 0.05) is 6.07 Å². The Kier molecular flexibility index (Phi) is 7.00. The van der Waals surface area contributed by atoms with Crippen LogP contribution in [0.3, 0.4) is 0 Å². The fourth-order valence-electron chi connectivity index (χ4n) is 3.98. The van der Waals surface area contributed by atoms with Gasteiger partial charge in [0.1, 0.15) is 19.3 Å². The van der Waals surface area contributed by atoms with Crippen LogP contribution in [0.1, 0.15) is 29.5 Å². The molecule has 0 bridgehead atoms. The van der Waals surface area contributed by atoms with Gasteiger partial charge in [-0.1, -0.05) is 54.6 Å². The van der Waals surface area contributed by atoms with Crippen LogP contribution in [0.4, 0.5) is 5.69 Å². The number of nitro benzene ring substituents is 1. The maximum Gasteiger partial charge on any atom is 0.323 e. The number of nitrogens with one attached hydrogen (secondary N) is 1. The quantitative estimate of drug-likeness (QED) is 0.299. The average molecular weight is 447 g/mol. The predicted octanol–water partition coefficient (Wildman–Crippen LogP) is 4.94. The molecule has 0 amide bonds.